The Kier molecular flexibility index (Phi) is 16.6. The monoisotopic (exact) mass is 487 g/mol. The van der Waals surface area contributed by atoms with E-state index in [2.05, 4.69) is 12.2 Å². The molecule has 1 rings (SSSR count). The third-order valence-electron chi connectivity index (χ3n) is 6.07. The van der Waals surface area contributed by atoms with Gasteiger partial charge in [0.05, 0.1) is 12.7 Å². The third-order valence-corrected chi connectivity index (χ3v) is 6.07. The lowest BCUT2D eigenvalue weighted by Crippen LogP contribution is -2.39. The van der Waals surface area contributed by atoms with Crippen molar-refractivity contribution < 1.29 is 28.9 Å². The summed E-state index contributed by atoms with van der Waals surface area (Å²) >= 11 is 0. The lowest BCUT2D eigenvalue weighted by molar-refractivity contribution is 0.00320. The van der Waals surface area contributed by atoms with E-state index in [1.54, 1.807) is 6.92 Å². The summed E-state index contributed by atoms with van der Waals surface area (Å²) < 4.78 is 24.2. The molecule has 198 valence electrons. The van der Waals surface area contributed by atoms with Gasteiger partial charge in [-0.3, -0.25) is 10.7 Å². The Hall–Kier alpha value is -1.71. The first kappa shape index (κ1) is 30.3. The van der Waals surface area contributed by atoms with Gasteiger partial charge in [-0.25, -0.2) is 9.18 Å². The van der Waals surface area contributed by atoms with Crippen LogP contribution in [0.5, 0.6) is 0 Å². The van der Waals surface area contributed by atoms with Crippen molar-refractivity contribution in [2.24, 2.45) is 0 Å². The maximum Gasteiger partial charge on any atom is 0.412 e. The van der Waals surface area contributed by atoms with Crippen LogP contribution in [0.2, 0.25) is 0 Å². The number of amidine groups is 1. The molecule has 0 aromatic carbocycles. The summed E-state index contributed by atoms with van der Waals surface area (Å²) in [5.74, 6) is -1.82. The number of unbranched alkanes of at least 4 members (excludes halogenated alkanes) is 13. The molecule has 0 aliphatic carbocycles. The second kappa shape index (κ2) is 18.6. The third kappa shape index (κ3) is 13.2. The molecule has 1 heterocycles. The fourth-order valence-corrected chi connectivity index (χ4v) is 3.87. The topological polar surface area (TPSA) is 124 Å². The Morgan fingerprint density at radius 1 is 0.941 bits per heavy atom. The molecular formula is C25H46FN3O5. The average molecular weight is 488 g/mol. The number of amides is 1. The molecule has 9 heteroatoms. The average Bonchev–Trinajstić information content (AvgIpc) is 3.06. The molecule has 1 amide bonds. The Balaban J connectivity index is 1.97. The lowest BCUT2D eigenvalue weighted by atomic mass is 10.0. The number of rotatable bonds is 18. The van der Waals surface area contributed by atoms with Crippen LogP contribution in [0.3, 0.4) is 0 Å². The number of alkyl carbamates (subject to hydrolysis) is 1. The fraction of sp³-hybridized carbons (Fsp3) is 0.840. The SMILES string of the molecule is CCCCCCCCCCCCCCCCOC(=O)NC(=N)/C(F)=C\NC1OC(C)C(O)C1O. The second-order valence-electron chi connectivity index (χ2n) is 9.13. The molecule has 4 unspecified atom stereocenters. The maximum atomic E-state index is 14.0. The van der Waals surface area contributed by atoms with Crippen molar-refractivity contribution in [2.45, 2.75) is 128 Å². The Morgan fingerprint density at radius 3 is 1.91 bits per heavy atom. The number of carbonyl (C=O) groups is 1. The van der Waals surface area contributed by atoms with E-state index >= 15 is 0 Å². The van der Waals surface area contributed by atoms with Crippen LogP contribution in [0.1, 0.15) is 104 Å². The smallest absolute Gasteiger partial charge is 0.412 e. The number of carbonyl (C=O) groups excluding carboxylic acids is 1. The maximum absolute atomic E-state index is 14.0. The number of aliphatic hydroxyl groups excluding tert-OH is 2. The van der Waals surface area contributed by atoms with E-state index in [9.17, 15) is 19.4 Å². The molecule has 4 atom stereocenters. The van der Waals surface area contributed by atoms with Gasteiger partial charge in [0.25, 0.3) is 0 Å². The standard InChI is InChI=1S/C25H46FN3O5/c1-3-4-5-6-7-8-9-10-11-12-13-14-15-16-17-33-25(32)29-23(27)20(26)18-28-24-22(31)21(30)19(2)34-24/h18-19,21-22,24,28,30-31H,3-17H2,1-2H3,(H2,27,29,32)/b20-18+. The molecule has 0 bridgehead atoms. The molecule has 0 saturated carbocycles. The highest BCUT2D eigenvalue weighted by Crippen LogP contribution is 2.19. The van der Waals surface area contributed by atoms with Gasteiger partial charge in [0.2, 0.25) is 0 Å². The molecule has 1 aliphatic rings. The Bertz CT molecular complexity index is 605. The van der Waals surface area contributed by atoms with Gasteiger partial charge in [0.15, 0.2) is 17.9 Å². The van der Waals surface area contributed by atoms with Gasteiger partial charge in [-0.15, -0.1) is 0 Å². The number of halogens is 1. The number of ether oxygens (including phenoxy) is 2. The van der Waals surface area contributed by atoms with Gasteiger partial charge in [-0.2, -0.15) is 0 Å². The molecule has 1 aliphatic heterocycles. The molecule has 34 heavy (non-hydrogen) atoms. The van der Waals surface area contributed by atoms with Crippen LogP contribution in [0, 0.1) is 5.41 Å². The van der Waals surface area contributed by atoms with Crippen molar-refractivity contribution in [3.63, 3.8) is 0 Å². The van der Waals surface area contributed by atoms with Crippen molar-refractivity contribution >= 4 is 11.9 Å². The molecular weight excluding hydrogens is 441 g/mol. The zero-order valence-corrected chi connectivity index (χ0v) is 21.0. The molecule has 5 N–H and O–H groups in total. The van der Waals surface area contributed by atoms with Gasteiger partial charge >= 0.3 is 6.09 Å². The van der Waals surface area contributed by atoms with Gasteiger partial charge in [0.1, 0.15) is 12.2 Å². The van der Waals surface area contributed by atoms with Crippen LogP contribution in [-0.2, 0) is 9.47 Å². The van der Waals surface area contributed by atoms with Crippen LogP contribution in [0.4, 0.5) is 9.18 Å². The van der Waals surface area contributed by atoms with E-state index in [1.165, 1.54) is 70.6 Å². The summed E-state index contributed by atoms with van der Waals surface area (Å²) in [6, 6.07) is 0. The first-order valence-electron chi connectivity index (χ1n) is 13.0. The first-order valence-corrected chi connectivity index (χ1v) is 13.0. The van der Waals surface area contributed by atoms with Crippen LogP contribution < -0.4 is 10.6 Å². The molecule has 0 aromatic heterocycles. The van der Waals surface area contributed by atoms with E-state index in [4.69, 9.17) is 14.9 Å². The predicted molar refractivity (Wildman–Crippen MR) is 131 cm³/mol. The highest BCUT2D eigenvalue weighted by atomic mass is 19.1. The minimum Gasteiger partial charge on any atom is -0.449 e. The highest BCUT2D eigenvalue weighted by molar-refractivity contribution is 6.02. The number of hydrogen-bond donors (Lipinski definition) is 5. The van der Waals surface area contributed by atoms with Crippen LogP contribution >= 0.6 is 0 Å². The zero-order valence-electron chi connectivity index (χ0n) is 21.0. The van der Waals surface area contributed by atoms with Gasteiger partial charge in [-0.05, 0) is 13.3 Å². The number of aliphatic hydroxyl groups is 2. The minimum atomic E-state index is -1.23. The van der Waals surface area contributed by atoms with Gasteiger partial charge in [0, 0.05) is 6.20 Å². The minimum absolute atomic E-state index is 0.221. The summed E-state index contributed by atoms with van der Waals surface area (Å²) in [6.07, 6.45) is 13.3. The van der Waals surface area contributed by atoms with Crippen molar-refractivity contribution in [3.05, 3.63) is 12.0 Å². The summed E-state index contributed by atoms with van der Waals surface area (Å²) in [5.41, 5.74) is 0. The molecule has 1 saturated heterocycles. The molecule has 0 radical (unpaired) electrons. The van der Waals surface area contributed by atoms with Gasteiger partial charge < -0.3 is 25.0 Å². The lowest BCUT2D eigenvalue weighted by Gasteiger charge is -2.15. The Morgan fingerprint density at radius 2 is 1.44 bits per heavy atom. The highest BCUT2D eigenvalue weighted by Gasteiger charge is 2.39. The summed E-state index contributed by atoms with van der Waals surface area (Å²) in [5, 5.41) is 31.4. The van der Waals surface area contributed by atoms with Crippen LogP contribution in [0.25, 0.3) is 0 Å². The van der Waals surface area contributed by atoms with Crippen LogP contribution in [-0.4, -0.2) is 53.3 Å². The normalized spacial score (nSPS) is 22.6. The van der Waals surface area contributed by atoms with Crippen molar-refractivity contribution in [3.8, 4) is 0 Å². The first-order chi connectivity index (χ1) is 16.4. The van der Waals surface area contributed by atoms with E-state index in [1.807, 2.05) is 5.32 Å². The zero-order chi connectivity index (χ0) is 25.2. The van der Waals surface area contributed by atoms with E-state index in [0.717, 1.165) is 25.5 Å². The summed E-state index contributed by atoms with van der Waals surface area (Å²) in [6.45, 7) is 4.04. The van der Waals surface area contributed by atoms with Crippen molar-refractivity contribution in [2.75, 3.05) is 6.61 Å². The number of hydrogen-bond acceptors (Lipinski definition) is 7. The summed E-state index contributed by atoms with van der Waals surface area (Å²) in [4.78, 5) is 11.7. The molecule has 0 aromatic rings. The summed E-state index contributed by atoms with van der Waals surface area (Å²) in [7, 11) is 0. The number of nitrogens with one attached hydrogen (secondary N) is 3. The Labute approximate surface area is 204 Å². The molecule has 0 spiro atoms. The van der Waals surface area contributed by atoms with Gasteiger partial charge in [-0.1, -0.05) is 90.4 Å². The second-order valence-corrected chi connectivity index (χ2v) is 9.13. The fourth-order valence-electron chi connectivity index (χ4n) is 3.87. The molecule has 1 fully saturated rings. The predicted octanol–water partition coefficient (Wildman–Crippen LogP) is 5.04. The van der Waals surface area contributed by atoms with E-state index < -0.39 is 42.3 Å². The van der Waals surface area contributed by atoms with E-state index in [0.29, 0.717) is 0 Å². The van der Waals surface area contributed by atoms with Crippen molar-refractivity contribution in [1.29, 1.82) is 5.41 Å². The quantitative estimate of drug-likeness (QED) is 0.105. The largest absolute Gasteiger partial charge is 0.449 e. The van der Waals surface area contributed by atoms with E-state index in [-0.39, 0.29) is 6.61 Å². The van der Waals surface area contributed by atoms with Crippen molar-refractivity contribution in [1.82, 2.24) is 10.6 Å². The van der Waals surface area contributed by atoms with Crippen LogP contribution in [0.15, 0.2) is 12.0 Å². The molecule has 8 nitrogen and oxygen atoms in total.